The van der Waals surface area contributed by atoms with E-state index in [1.54, 1.807) is 37.1 Å². The van der Waals surface area contributed by atoms with Crippen molar-refractivity contribution in [1.29, 1.82) is 0 Å². The molecule has 0 unspecified atom stereocenters. The van der Waals surface area contributed by atoms with E-state index in [0.29, 0.717) is 23.3 Å². The maximum Gasteiger partial charge on any atom is 0.343 e. The third-order valence-electron chi connectivity index (χ3n) is 5.24. The lowest BCUT2D eigenvalue weighted by molar-refractivity contribution is -0.117. The van der Waals surface area contributed by atoms with Gasteiger partial charge in [-0.05, 0) is 43.7 Å². The summed E-state index contributed by atoms with van der Waals surface area (Å²) in [5, 5.41) is 10.9. The van der Waals surface area contributed by atoms with Gasteiger partial charge in [-0.3, -0.25) is 4.79 Å². The van der Waals surface area contributed by atoms with Crippen molar-refractivity contribution in [3.8, 4) is 17.3 Å². The Kier molecular flexibility index (Phi) is 4.91. The minimum Gasteiger partial charge on any atom is -0.507 e. The van der Waals surface area contributed by atoms with Gasteiger partial charge in [-0.1, -0.05) is 30.3 Å². The number of aromatic hydroxyl groups is 1. The molecule has 0 bridgehead atoms. The van der Waals surface area contributed by atoms with Crippen molar-refractivity contribution in [3.63, 3.8) is 0 Å². The number of amides is 1. The Morgan fingerprint density at radius 1 is 1.00 bits per heavy atom. The molecule has 1 amide bonds. The first-order valence-corrected chi connectivity index (χ1v) is 9.53. The highest BCUT2D eigenvalue weighted by Crippen LogP contribution is 2.34. The van der Waals surface area contributed by atoms with Gasteiger partial charge in [0.05, 0.1) is 12.0 Å². The number of anilines is 1. The normalized spacial score (nSPS) is 11.0. The molecule has 0 aliphatic heterocycles. The van der Waals surface area contributed by atoms with Crippen molar-refractivity contribution in [2.24, 2.45) is 0 Å². The van der Waals surface area contributed by atoms with Crippen molar-refractivity contribution >= 4 is 22.6 Å². The molecule has 2 heterocycles. The van der Waals surface area contributed by atoms with Crippen molar-refractivity contribution < 1.29 is 18.7 Å². The van der Waals surface area contributed by atoms with Gasteiger partial charge in [0.1, 0.15) is 11.3 Å². The molecule has 0 radical (unpaired) electrons. The maximum atomic E-state index is 12.7. The van der Waals surface area contributed by atoms with Crippen LogP contribution in [0.1, 0.15) is 16.7 Å². The predicted molar refractivity (Wildman–Crippen MR) is 115 cm³/mol. The van der Waals surface area contributed by atoms with E-state index < -0.39 is 5.63 Å². The molecule has 6 nitrogen and oxygen atoms in total. The van der Waals surface area contributed by atoms with E-state index in [0.717, 1.165) is 16.6 Å². The second kappa shape index (κ2) is 7.55. The molecule has 0 fully saturated rings. The minimum absolute atomic E-state index is 0.0328. The summed E-state index contributed by atoms with van der Waals surface area (Å²) in [5.41, 5.74) is 2.24. The molecule has 30 heavy (non-hydrogen) atoms. The molecule has 2 aromatic carbocycles. The zero-order chi connectivity index (χ0) is 21.4. The van der Waals surface area contributed by atoms with Crippen molar-refractivity contribution in [3.05, 3.63) is 81.7 Å². The number of furan rings is 1. The fourth-order valence-electron chi connectivity index (χ4n) is 3.35. The number of fused-ring (bicyclic) bond motifs is 1. The Bertz CT molecular complexity index is 1300. The molecule has 6 heteroatoms. The van der Waals surface area contributed by atoms with E-state index in [1.165, 1.54) is 6.92 Å². The quantitative estimate of drug-likeness (QED) is 0.539. The molecule has 1 N–H and O–H groups in total. The Labute approximate surface area is 173 Å². The first kappa shape index (κ1) is 19.5. The SMILES string of the molecule is Cc1c(-c2cc3cc(N(C)C(=O)Cc4ccccc4)ccc3o2)oc(=O)c(C)c1O. The van der Waals surface area contributed by atoms with Crippen molar-refractivity contribution in [1.82, 2.24) is 0 Å². The van der Waals surface area contributed by atoms with Gasteiger partial charge in [-0.25, -0.2) is 4.79 Å². The van der Waals surface area contributed by atoms with E-state index in [4.69, 9.17) is 8.83 Å². The highest BCUT2D eigenvalue weighted by Gasteiger charge is 2.19. The van der Waals surface area contributed by atoms with Crippen LogP contribution in [0.5, 0.6) is 5.75 Å². The summed E-state index contributed by atoms with van der Waals surface area (Å²) < 4.78 is 11.2. The molecule has 0 saturated carbocycles. The Hall–Kier alpha value is -3.80. The van der Waals surface area contributed by atoms with Gasteiger partial charge in [-0.2, -0.15) is 0 Å². The number of likely N-dealkylation sites (N-methyl/N-ethyl adjacent to an activating group) is 1. The first-order valence-electron chi connectivity index (χ1n) is 9.53. The van der Waals surface area contributed by atoms with Crippen molar-refractivity contribution in [2.45, 2.75) is 20.3 Å². The average molecular weight is 403 g/mol. The summed E-state index contributed by atoms with van der Waals surface area (Å²) in [6.45, 7) is 3.17. The summed E-state index contributed by atoms with van der Waals surface area (Å²) in [6, 6.07) is 16.7. The molecule has 0 spiro atoms. The smallest absolute Gasteiger partial charge is 0.343 e. The van der Waals surface area contributed by atoms with Crippen LogP contribution >= 0.6 is 0 Å². The monoisotopic (exact) mass is 403 g/mol. The number of benzene rings is 2. The Morgan fingerprint density at radius 3 is 2.47 bits per heavy atom. The lowest BCUT2D eigenvalue weighted by Gasteiger charge is -2.17. The molecule has 0 aliphatic rings. The number of carbonyl (C=O) groups excluding carboxylic acids is 1. The maximum absolute atomic E-state index is 12.7. The summed E-state index contributed by atoms with van der Waals surface area (Å²) in [5.74, 6) is 0.392. The van der Waals surface area contributed by atoms with Crippen LogP contribution in [-0.4, -0.2) is 18.1 Å². The highest BCUT2D eigenvalue weighted by molar-refractivity contribution is 5.96. The molecule has 0 saturated heterocycles. The van der Waals surface area contributed by atoms with E-state index in [9.17, 15) is 14.7 Å². The lowest BCUT2D eigenvalue weighted by Crippen LogP contribution is -2.27. The third kappa shape index (κ3) is 3.48. The van der Waals surface area contributed by atoms with Crippen LogP contribution in [0.25, 0.3) is 22.5 Å². The number of rotatable bonds is 4. The fourth-order valence-corrected chi connectivity index (χ4v) is 3.35. The number of hydrogen-bond donors (Lipinski definition) is 1. The van der Waals surface area contributed by atoms with E-state index in [1.807, 2.05) is 36.4 Å². The van der Waals surface area contributed by atoms with Crippen LogP contribution in [0, 0.1) is 13.8 Å². The molecule has 0 aliphatic carbocycles. The molecular weight excluding hydrogens is 382 g/mol. The minimum atomic E-state index is -0.611. The van der Waals surface area contributed by atoms with Crippen molar-refractivity contribution in [2.75, 3.05) is 11.9 Å². The molecule has 0 atom stereocenters. The fraction of sp³-hybridized carbons (Fsp3) is 0.167. The topological polar surface area (TPSA) is 83.9 Å². The van der Waals surface area contributed by atoms with Gasteiger partial charge >= 0.3 is 5.63 Å². The van der Waals surface area contributed by atoms with Gasteiger partial charge in [0.2, 0.25) is 5.91 Å². The van der Waals surface area contributed by atoms with Crippen LogP contribution in [-0.2, 0) is 11.2 Å². The number of hydrogen-bond acceptors (Lipinski definition) is 5. The van der Waals surface area contributed by atoms with Gasteiger partial charge in [0.15, 0.2) is 11.5 Å². The average Bonchev–Trinajstić information content (AvgIpc) is 3.18. The Balaban J connectivity index is 1.66. The molecule has 4 rings (SSSR count). The third-order valence-corrected chi connectivity index (χ3v) is 5.24. The number of carbonyl (C=O) groups is 1. The summed E-state index contributed by atoms with van der Waals surface area (Å²) in [6.07, 6.45) is 0.305. The van der Waals surface area contributed by atoms with E-state index in [2.05, 4.69) is 0 Å². The summed E-state index contributed by atoms with van der Waals surface area (Å²) in [7, 11) is 1.73. The zero-order valence-corrected chi connectivity index (χ0v) is 16.9. The van der Waals surface area contributed by atoms with Gasteiger partial charge in [0.25, 0.3) is 0 Å². The van der Waals surface area contributed by atoms with E-state index >= 15 is 0 Å². The number of nitrogens with zero attached hydrogens (tertiary/aromatic N) is 1. The first-order chi connectivity index (χ1) is 14.3. The van der Waals surface area contributed by atoms with Gasteiger partial charge in [-0.15, -0.1) is 0 Å². The van der Waals surface area contributed by atoms with Crippen LogP contribution < -0.4 is 10.5 Å². The van der Waals surface area contributed by atoms with Crippen LogP contribution in [0.15, 0.2) is 68.2 Å². The molecular formula is C24H21NO5. The highest BCUT2D eigenvalue weighted by atomic mass is 16.4. The zero-order valence-electron chi connectivity index (χ0n) is 16.9. The van der Waals surface area contributed by atoms with Gasteiger partial charge < -0.3 is 18.8 Å². The van der Waals surface area contributed by atoms with Crippen LogP contribution in [0.2, 0.25) is 0 Å². The summed E-state index contributed by atoms with van der Waals surface area (Å²) >= 11 is 0. The Morgan fingerprint density at radius 2 is 1.73 bits per heavy atom. The van der Waals surface area contributed by atoms with E-state index in [-0.39, 0.29) is 23.0 Å². The van der Waals surface area contributed by atoms with Crippen LogP contribution in [0.3, 0.4) is 0 Å². The second-order valence-electron chi connectivity index (χ2n) is 7.27. The van der Waals surface area contributed by atoms with Gasteiger partial charge in [0, 0.05) is 23.7 Å². The standard InChI is InChI=1S/C24H21NO5/c1-14-22(27)15(2)24(28)30-23(14)20-13-17-12-18(9-10-19(17)29-20)25(3)21(26)11-16-7-5-4-6-8-16/h4-10,12-13,27H,11H2,1-3H3. The molecule has 4 aromatic rings. The summed E-state index contributed by atoms with van der Waals surface area (Å²) in [4.78, 5) is 26.2. The largest absolute Gasteiger partial charge is 0.507 e. The lowest BCUT2D eigenvalue weighted by atomic mass is 10.1. The second-order valence-corrected chi connectivity index (χ2v) is 7.27. The molecule has 152 valence electrons. The predicted octanol–water partition coefficient (Wildman–Crippen LogP) is 4.58. The molecule has 2 aromatic heterocycles. The van der Waals surface area contributed by atoms with Crippen LogP contribution in [0.4, 0.5) is 5.69 Å².